The van der Waals surface area contributed by atoms with Crippen molar-refractivity contribution in [3.05, 3.63) is 36.1 Å². The van der Waals surface area contributed by atoms with E-state index in [0.29, 0.717) is 11.6 Å². The van der Waals surface area contributed by atoms with Crippen LogP contribution in [0.15, 0.2) is 36.1 Å². The molecule has 0 spiro atoms. The fraction of sp³-hybridized carbons (Fsp3) is 0. The SMILES string of the molecule is Nc1cc(Nc2ccc3ncsc3c2)ncn1. The number of hydrogen-bond donors (Lipinski definition) is 2. The Morgan fingerprint density at radius 2 is 2.06 bits per heavy atom. The second kappa shape index (κ2) is 3.99. The highest BCUT2D eigenvalue weighted by Crippen LogP contribution is 2.23. The minimum Gasteiger partial charge on any atom is -0.384 e. The maximum atomic E-state index is 5.59. The van der Waals surface area contributed by atoms with Gasteiger partial charge in [0.1, 0.15) is 18.0 Å². The van der Waals surface area contributed by atoms with Crippen molar-refractivity contribution >= 4 is 38.9 Å². The standard InChI is InChI=1S/C11H9N5S/c12-10-4-11(14-5-13-10)16-7-1-2-8-9(3-7)17-6-15-8/h1-6H,(H3,12,13,14,16). The van der Waals surface area contributed by atoms with E-state index in [-0.39, 0.29) is 0 Å². The lowest BCUT2D eigenvalue weighted by Crippen LogP contribution is -1.96. The lowest BCUT2D eigenvalue weighted by atomic mass is 10.3. The Bertz CT molecular complexity index is 664. The molecule has 84 valence electrons. The monoisotopic (exact) mass is 243 g/mol. The summed E-state index contributed by atoms with van der Waals surface area (Å²) in [6.07, 6.45) is 1.43. The number of hydrogen-bond acceptors (Lipinski definition) is 6. The van der Waals surface area contributed by atoms with Gasteiger partial charge in [0, 0.05) is 11.8 Å². The molecule has 0 aliphatic carbocycles. The third kappa shape index (κ3) is 2.02. The van der Waals surface area contributed by atoms with E-state index in [4.69, 9.17) is 5.73 Å². The van der Waals surface area contributed by atoms with Gasteiger partial charge in [-0.15, -0.1) is 11.3 Å². The van der Waals surface area contributed by atoms with E-state index in [0.717, 1.165) is 15.9 Å². The van der Waals surface area contributed by atoms with Crippen molar-refractivity contribution < 1.29 is 0 Å². The van der Waals surface area contributed by atoms with Gasteiger partial charge in [0.05, 0.1) is 15.7 Å². The second-order valence-electron chi connectivity index (χ2n) is 3.49. The predicted molar refractivity (Wildman–Crippen MR) is 69.3 cm³/mol. The fourth-order valence-corrected chi connectivity index (χ4v) is 2.24. The first-order valence-electron chi connectivity index (χ1n) is 4.99. The summed E-state index contributed by atoms with van der Waals surface area (Å²) in [6.45, 7) is 0. The molecule has 3 N–H and O–H groups in total. The van der Waals surface area contributed by atoms with Crippen molar-refractivity contribution in [2.75, 3.05) is 11.1 Å². The van der Waals surface area contributed by atoms with Gasteiger partial charge in [0.15, 0.2) is 0 Å². The molecule has 0 fully saturated rings. The van der Waals surface area contributed by atoms with Gasteiger partial charge < -0.3 is 11.1 Å². The molecular formula is C11H9N5S. The molecule has 0 aliphatic heterocycles. The molecule has 0 bridgehead atoms. The molecule has 0 unspecified atom stereocenters. The Hall–Kier alpha value is -2.21. The van der Waals surface area contributed by atoms with Crippen LogP contribution in [0.4, 0.5) is 17.3 Å². The van der Waals surface area contributed by atoms with E-state index in [1.807, 2.05) is 23.7 Å². The average molecular weight is 243 g/mol. The molecule has 0 amide bonds. The van der Waals surface area contributed by atoms with Gasteiger partial charge in [0.25, 0.3) is 0 Å². The minimum atomic E-state index is 0.446. The van der Waals surface area contributed by atoms with Gasteiger partial charge in [-0.25, -0.2) is 15.0 Å². The molecule has 5 nitrogen and oxygen atoms in total. The molecule has 0 aliphatic rings. The van der Waals surface area contributed by atoms with E-state index < -0.39 is 0 Å². The van der Waals surface area contributed by atoms with Crippen LogP contribution in [-0.2, 0) is 0 Å². The largest absolute Gasteiger partial charge is 0.384 e. The van der Waals surface area contributed by atoms with Crippen LogP contribution >= 0.6 is 11.3 Å². The maximum Gasteiger partial charge on any atom is 0.135 e. The molecular weight excluding hydrogens is 234 g/mol. The zero-order valence-corrected chi connectivity index (χ0v) is 9.61. The number of thiazole rings is 1. The summed E-state index contributed by atoms with van der Waals surface area (Å²) in [4.78, 5) is 12.2. The van der Waals surface area contributed by atoms with Gasteiger partial charge in [-0.2, -0.15) is 0 Å². The third-order valence-corrected chi connectivity index (χ3v) is 3.08. The van der Waals surface area contributed by atoms with Crippen molar-refractivity contribution in [3.63, 3.8) is 0 Å². The number of aromatic nitrogens is 3. The van der Waals surface area contributed by atoms with Crippen LogP contribution in [-0.4, -0.2) is 15.0 Å². The first-order valence-corrected chi connectivity index (χ1v) is 5.87. The second-order valence-corrected chi connectivity index (χ2v) is 4.37. The topological polar surface area (TPSA) is 76.7 Å². The number of benzene rings is 1. The van der Waals surface area contributed by atoms with Crippen LogP contribution in [0.3, 0.4) is 0 Å². The number of nitrogens with zero attached hydrogens (tertiary/aromatic N) is 3. The van der Waals surface area contributed by atoms with Gasteiger partial charge in [-0.3, -0.25) is 0 Å². The average Bonchev–Trinajstić information content (AvgIpc) is 2.76. The third-order valence-electron chi connectivity index (χ3n) is 2.29. The molecule has 2 aromatic heterocycles. The molecule has 2 heterocycles. The molecule has 0 saturated heterocycles. The molecule has 3 rings (SSSR count). The van der Waals surface area contributed by atoms with Gasteiger partial charge >= 0.3 is 0 Å². The lowest BCUT2D eigenvalue weighted by Gasteiger charge is -2.05. The Kier molecular flexibility index (Phi) is 2.34. The normalized spacial score (nSPS) is 10.6. The van der Waals surface area contributed by atoms with Crippen LogP contribution in [0.25, 0.3) is 10.2 Å². The molecule has 1 aromatic carbocycles. The summed E-state index contributed by atoms with van der Waals surface area (Å²) in [7, 11) is 0. The van der Waals surface area contributed by atoms with Gasteiger partial charge in [0.2, 0.25) is 0 Å². The van der Waals surface area contributed by atoms with Crippen molar-refractivity contribution in [2.45, 2.75) is 0 Å². The summed E-state index contributed by atoms with van der Waals surface area (Å²) in [6, 6.07) is 7.65. The molecule has 6 heteroatoms. The summed E-state index contributed by atoms with van der Waals surface area (Å²) >= 11 is 1.61. The zero-order valence-electron chi connectivity index (χ0n) is 8.79. The number of nitrogens with two attached hydrogens (primary N) is 1. The van der Waals surface area contributed by atoms with Crippen LogP contribution in [0.1, 0.15) is 0 Å². The van der Waals surface area contributed by atoms with Crippen LogP contribution in [0, 0.1) is 0 Å². The summed E-state index contributed by atoms with van der Waals surface area (Å²) < 4.78 is 1.14. The summed E-state index contributed by atoms with van der Waals surface area (Å²) in [5.74, 6) is 1.13. The van der Waals surface area contributed by atoms with E-state index in [9.17, 15) is 0 Å². The highest BCUT2D eigenvalue weighted by Gasteiger charge is 2.00. The minimum absolute atomic E-state index is 0.446. The van der Waals surface area contributed by atoms with Crippen molar-refractivity contribution in [1.82, 2.24) is 15.0 Å². The number of rotatable bonds is 2. The maximum absolute atomic E-state index is 5.59. The van der Waals surface area contributed by atoms with E-state index in [1.165, 1.54) is 6.33 Å². The Morgan fingerprint density at radius 1 is 1.12 bits per heavy atom. The van der Waals surface area contributed by atoms with Crippen molar-refractivity contribution in [1.29, 1.82) is 0 Å². The highest BCUT2D eigenvalue weighted by atomic mass is 32.1. The fourth-order valence-electron chi connectivity index (χ4n) is 1.52. The van der Waals surface area contributed by atoms with Gasteiger partial charge in [-0.05, 0) is 18.2 Å². The number of anilines is 3. The Labute approximate surface area is 101 Å². The van der Waals surface area contributed by atoms with Crippen molar-refractivity contribution in [3.8, 4) is 0 Å². The summed E-state index contributed by atoms with van der Waals surface area (Å²) in [5.41, 5.74) is 9.38. The number of fused-ring (bicyclic) bond motifs is 1. The molecule has 17 heavy (non-hydrogen) atoms. The number of nitrogens with one attached hydrogen (secondary N) is 1. The number of nitrogen functional groups attached to an aromatic ring is 1. The van der Waals surface area contributed by atoms with Crippen molar-refractivity contribution in [2.24, 2.45) is 0 Å². The zero-order chi connectivity index (χ0) is 11.7. The van der Waals surface area contributed by atoms with Crippen LogP contribution in [0.5, 0.6) is 0 Å². The smallest absolute Gasteiger partial charge is 0.135 e. The highest BCUT2D eigenvalue weighted by molar-refractivity contribution is 7.16. The first-order chi connectivity index (χ1) is 8.31. The Balaban J connectivity index is 1.94. The molecule has 3 aromatic rings. The van der Waals surface area contributed by atoms with Gasteiger partial charge in [-0.1, -0.05) is 0 Å². The van der Waals surface area contributed by atoms with E-state index >= 15 is 0 Å². The molecule has 0 saturated carbocycles. The van der Waals surface area contributed by atoms with Crippen LogP contribution < -0.4 is 11.1 Å². The quantitative estimate of drug-likeness (QED) is 0.722. The van der Waals surface area contributed by atoms with E-state index in [2.05, 4.69) is 20.3 Å². The first kappa shape index (κ1) is 9.98. The lowest BCUT2D eigenvalue weighted by molar-refractivity contribution is 1.18. The summed E-state index contributed by atoms with van der Waals surface area (Å²) in [5, 5.41) is 3.17. The van der Waals surface area contributed by atoms with E-state index in [1.54, 1.807) is 17.4 Å². The molecule has 0 atom stereocenters. The van der Waals surface area contributed by atoms with Crippen LogP contribution in [0.2, 0.25) is 0 Å². The predicted octanol–water partition coefficient (Wildman–Crippen LogP) is 2.41. The Morgan fingerprint density at radius 3 is 2.94 bits per heavy atom. The molecule has 0 radical (unpaired) electrons.